The van der Waals surface area contributed by atoms with Gasteiger partial charge >= 0.3 is 0 Å². The maximum Gasteiger partial charge on any atom is 0.238 e. The number of hydrogen-bond acceptors (Lipinski definition) is 3. The summed E-state index contributed by atoms with van der Waals surface area (Å²) in [6, 6.07) is 5.96. The highest BCUT2D eigenvalue weighted by Crippen LogP contribution is 2.27. The van der Waals surface area contributed by atoms with Crippen molar-refractivity contribution in [2.45, 2.75) is 26.3 Å². The molecule has 110 valence electrons. The Labute approximate surface area is 119 Å². The number of amides is 1. The molecule has 1 atom stereocenters. The zero-order valence-corrected chi connectivity index (χ0v) is 12.0. The maximum atomic E-state index is 12.8. The summed E-state index contributed by atoms with van der Waals surface area (Å²) in [4.78, 5) is 14.1. The van der Waals surface area contributed by atoms with Crippen molar-refractivity contribution in [3.63, 3.8) is 0 Å². The SMILES string of the molecule is CC1(C)CN(CC(=O)Nc2ccc(F)cc2)CCC1N. The van der Waals surface area contributed by atoms with Crippen molar-refractivity contribution in [3.8, 4) is 0 Å². The van der Waals surface area contributed by atoms with E-state index in [0.717, 1.165) is 19.5 Å². The zero-order chi connectivity index (χ0) is 14.8. The number of likely N-dealkylation sites (tertiary alicyclic amines) is 1. The average molecular weight is 279 g/mol. The number of benzene rings is 1. The number of nitrogens with one attached hydrogen (secondary N) is 1. The van der Waals surface area contributed by atoms with Gasteiger partial charge in [-0.2, -0.15) is 0 Å². The molecule has 0 aliphatic carbocycles. The number of carbonyl (C=O) groups is 1. The first-order valence-corrected chi connectivity index (χ1v) is 6.90. The molecular weight excluding hydrogens is 257 g/mol. The van der Waals surface area contributed by atoms with Crippen molar-refractivity contribution in [1.82, 2.24) is 4.90 Å². The first-order valence-electron chi connectivity index (χ1n) is 6.90. The van der Waals surface area contributed by atoms with Gasteiger partial charge in [0.25, 0.3) is 0 Å². The van der Waals surface area contributed by atoms with Crippen molar-refractivity contribution >= 4 is 11.6 Å². The van der Waals surface area contributed by atoms with E-state index in [1.54, 1.807) is 12.1 Å². The molecule has 20 heavy (non-hydrogen) atoms. The summed E-state index contributed by atoms with van der Waals surface area (Å²) in [6.07, 6.45) is 0.900. The van der Waals surface area contributed by atoms with Crippen LogP contribution >= 0.6 is 0 Å². The summed E-state index contributed by atoms with van der Waals surface area (Å²) in [5.74, 6) is -0.391. The lowest BCUT2D eigenvalue weighted by Gasteiger charge is -2.42. The first kappa shape index (κ1) is 14.9. The Morgan fingerprint density at radius 3 is 2.70 bits per heavy atom. The highest BCUT2D eigenvalue weighted by atomic mass is 19.1. The number of anilines is 1. The highest BCUT2D eigenvalue weighted by Gasteiger charge is 2.33. The van der Waals surface area contributed by atoms with E-state index in [4.69, 9.17) is 5.73 Å². The van der Waals surface area contributed by atoms with Gasteiger partial charge in [-0.25, -0.2) is 4.39 Å². The third-order valence-corrected chi connectivity index (χ3v) is 3.89. The number of halogens is 1. The van der Waals surface area contributed by atoms with Gasteiger partial charge in [-0.1, -0.05) is 13.8 Å². The molecule has 1 unspecified atom stereocenters. The van der Waals surface area contributed by atoms with Gasteiger partial charge in [-0.05, 0) is 36.1 Å². The van der Waals surface area contributed by atoms with Gasteiger partial charge in [0.1, 0.15) is 5.82 Å². The second kappa shape index (κ2) is 5.89. The molecule has 0 aromatic heterocycles. The lowest BCUT2D eigenvalue weighted by molar-refractivity contribution is -0.118. The number of nitrogens with zero attached hydrogens (tertiary/aromatic N) is 1. The summed E-state index contributed by atoms with van der Waals surface area (Å²) in [5.41, 5.74) is 6.72. The monoisotopic (exact) mass is 279 g/mol. The summed E-state index contributed by atoms with van der Waals surface area (Å²) in [5, 5.41) is 2.78. The third-order valence-electron chi connectivity index (χ3n) is 3.89. The van der Waals surface area contributed by atoms with Gasteiger partial charge in [0.2, 0.25) is 5.91 Å². The smallest absolute Gasteiger partial charge is 0.238 e. The molecule has 1 aromatic carbocycles. The van der Waals surface area contributed by atoms with Crippen molar-refractivity contribution in [2.24, 2.45) is 11.1 Å². The Kier molecular flexibility index (Phi) is 4.40. The lowest BCUT2D eigenvalue weighted by Crippen LogP contribution is -2.53. The van der Waals surface area contributed by atoms with Crippen LogP contribution in [0.5, 0.6) is 0 Å². The first-order chi connectivity index (χ1) is 9.37. The fourth-order valence-corrected chi connectivity index (χ4v) is 2.56. The molecule has 0 radical (unpaired) electrons. The van der Waals surface area contributed by atoms with Crippen molar-refractivity contribution < 1.29 is 9.18 Å². The van der Waals surface area contributed by atoms with E-state index in [1.165, 1.54) is 12.1 Å². The minimum absolute atomic E-state index is 0.0222. The van der Waals surface area contributed by atoms with Crippen LogP contribution < -0.4 is 11.1 Å². The molecule has 0 spiro atoms. The normalized spacial score (nSPS) is 22.5. The van der Waals surface area contributed by atoms with Crippen LogP contribution in [0.15, 0.2) is 24.3 Å². The second-order valence-corrected chi connectivity index (χ2v) is 6.15. The number of piperidine rings is 1. The third kappa shape index (κ3) is 3.77. The fraction of sp³-hybridized carbons (Fsp3) is 0.533. The summed E-state index contributed by atoms with van der Waals surface area (Å²) < 4.78 is 12.8. The Bertz CT molecular complexity index is 473. The molecule has 1 aromatic rings. The van der Waals surface area contributed by atoms with Gasteiger partial charge in [0.05, 0.1) is 6.54 Å². The number of rotatable bonds is 3. The quantitative estimate of drug-likeness (QED) is 0.887. The molecular formula is C15H22FN3O. The topological polar surface area (TPSA) is 58.4 Å². The van der Waals surface area contributed by atoms with E-state index in [1.807, 2.05) is 0 Å². The predicted molar refractivity (Wildman–Crippen MR) is 77.8 cm³/mol. The Morgan fingerprint density at radius 2 is 2.10 bits per heavy atom. The van der Waals surface area contributed by atoms with Gasteiger partial charge in [-0.3, -0.25) is 9.69 Å². The molecule has 1 aliphatic heterocycles. The summed E-state index contributed by atoms with van der Waals surface area (Å²) >= 11 is 0. The molecule has 2 rings (SSSR count). The van der Waals surface area contributed by atoms with Crippen molar-refractivity contribution in [3.05, 3.63) is 30.1 Å². The van der Waals surface area contributed by atoms with E-state index < -0.39 is 0 Å². The number of nitrogens with two attached hydrogens (primary N) is 1. The molecule has 1 heterocycles. The lowest BCUT2D eigenvalue weighted by atomic mass is 9.80. The van der Waals surface area contributed by atoms with Crippen molar-refractivity contribution in [1.29, 1.82) is 0 Å². The molecule has 5 heteroatoms. The van der Waals surface area contributed by atoms with E-state index in [0.29, 0.717) is 12.2 Å². The van der Waals surface area contributed by atoms with Gasteiger partial charge in [0.15, 0.2) is 0 Å². The molecule has 1 amide bonds. The summed E-state index contributed by atoms with van der Waals surface area (Å²) in [7, 11) is 0. The maximum absolute atomic E-state index is 12.8. The van der Waals surface area contributed by atoms with Crippen LogP contribution in [-0.4, -0.2) is 36.5 Å². The molecule has 4 nitrogen and oxygen atoms in total. The molecule has 3 N–H and O–H groups in total. The van der Waals surface area contributed by atoms with Crippen LogP contribution in [0.2, 0.25) is 0 Å². The Morgan fingerprint density at radius 1 is 1.45 bits per heavy atom. The molecule has 1 aliphatic rings. The molecule has 0 bridgehead atoms. The largest absolute Gasteiger partial charge is 0.327 e. The average Bonchev–Trinajstić information content (AvgIpc) is 2.36. The van der Waals surface area contributed by atoms with E-state index in [-0.39, 0.29) is 23.2 Å². The van der Waals surface area contributed by atoms with E-state index in [9.17, 15) is 9.18 Å². The van der Waals surface area contributed by atoms with Crippen molar-refractivity contribution in [2.75, 3.05) is 25.0 Å². The minimum Gasteiger partial charge on any atom is -0.327 e. The Hall–Kier alpha value is -1.46. The fourth-order valence-electron chi connectivity index (χ4n) is 2.56. The second-order valence-electron chi connectivity index (χ2n) is 6.15. The number of hydrogen-bond donors (Lipinski definition) is 2. The van der Waals surface area contributed by atoms with Crippen LogP contribution in [0.25, 0.3) is 0 Å². The molecule has 1 saturated heterocycles. The van der Waals surface area contributed by atoms with E-state index in [2.05, 4.69) is 24.1 Å². The van der Waals surface area contributed by atoms with Crippen LogP contribution in [0.3, 0.4) is 0 Å². The predicted octanol–water partition coefficient (Wildman–Crippen LogP) is 1.82. The molecule has 0 saturated carbocycles. The minimum atomic E-state index is -0.310. The van der Waals surface area contributed by atoms with Crippen LogP contribution in [-0.2, 0) is 4.79 Å². The Balaban J connectivity index is 1.87. The molecule has 1 fully saturated rings. The summed E-state index contributed by atoms with van der Waals surface area (Å²) in [6.45, 7) is 6.24. The zero-order valence-electron chi connectivity index (χ0n) is 12.0. The van der Waals surface area contributed by atoms with E-state index >= 15 is 0 Å². The van der Waals surface area contributed by atoms with Crippen LogP contribution in [0, 0.1) is 11.2 Å². The standard InChI is InChI=1S/C15H22FN3O/c1-15(2)10-19(8-7-13(15)17)9-14(20)18-12-5-3-11(16)4-6-12/h3-6,13H,7-10,17H2,1-2H3,(H,18,20). The van der Waals surface area contributed by atoms with Gasteiger partial charge in [-0.15, -0.1) is 0 Å². The van der Waals surface area contributed by atoms with Crippen LogP contribution in [0.4, 0.5) is 10.1 Å². The van der Waals surface area contributed by atoms with Gasteiger partial charge < -0.3 is 11.1 Å². The van der Waals surface area contributed by atoms with Gasteiger partial charge in [0, 0.05) is 24.8 Å². The van der Waals surface area contributed by atoms with Crippen LogP contribution in [0.1, 0.15) is 20.3 Å². The highest BCUT2D eigenvalue weighted by molar-refractivity contribution is 5.92. The number of carbonyl (C=O) groups excluding carboxylic acids is 1.